The number of hydrogen-bond donors (Lipinski definition) is 1. The average molecular weight is 188 g/mol. The number of fused-ring (bicyclic) bond motifs is 1. The quantitative estimate of drug-likeness (QED) is 0.663. The second-order valence-corrected chi connectivity index (χ2v) is 5.07. The van der Waals surface area contributed by atoms with Gasteiger partial charge >= 0.3 is 0 Å². The van der Waals surface area contributed by atoms with Gasteiger partial charge in [-0.3, -0.25) is 0 Å². The zero-order chi connectivity index (χ0) is 9.76. The second-order valence-electron chi connectivity index (χ2n) is 5.07. The lowest BCUT2D eigenvalue weighted by atomic mass is 9.67. The van der Waals surface area contributed by atoms with Crippen LogP contribution in [0.1, 0.15) is 36.0 Å². The number of hydrogen-bond acceptors (Lipinski definition) is 1. The van der Waals surface area contributed by atoms with Crippen molar-refractivity contribution in [2.45, 2.75) is 39.0 Å². The monoisotopic (exact) mass is 188 g/mol. The highest BCUT2D eigenvalue weighted by Crippen LogP contribution is 2.53. The van der Waals surface area contributed by atoms with E-state index in [-0.39, 0.29) is 0 Å². The Morgan fingerprint density at radius 2 is 1.86 bits per heavy atom. The molecule has 0 amide bonds. The Kier molecular flexibility index (Phi) is 1.51. The summed E-state index contributed by atoms with van der Waals surface area (Å²) < 4.78 is 0. The molecule has 0 heterocycles. The van der Waals surface area contributed by atoms with Gasteiger partial charge in [0.25, 0.3) is 0 Å². The van der Waals surface area contributed by atoms with Crippen LogP contribution < -0.4 is 0 Å². The predicted molar refractivity (Wildman–Crippen MR) is 56.5 cm³/mol. The minimum absolute atomic E-state index is 0.523. The van der Waals surface area contributed by atoms with Crippen LogP contribution in [0.4, 0.5) is 0 Å². The van der Waals surface area contributed by atoms with Gasteiger partial charge in [0.05, 0.1) is 0 Å². The molecule has 1 spiro atoms. The molecule has 74 valence electrons. The molecule has 0 aliphatic heterocycles. The van der Waals surface area contributed by atoms with Crippen molar-refractivity contribution in [1.82, 2.24) is 0 Å². The average Bonchev–Trinajstić information content (AvgIpc) is 2.52. The molecule has 1 aromatic rings. The van der Waals surface area contributed by atoms with Crippen LogP contribution in [0.2, 0.25) is 0 Å². The van der Waals surface area contributed by atoms with Gasteiger partial charge in [0.1, 0.15) is 5.75 Å². The molecular weight excluding hydrogens is 172 g/mol. The molecule has 0 unspecified atom stereocenters. The summed E-state index contributed by atoms with van der Waals surface area (Å²) in [6.07, 6.45) is 6.44. The topological polar surface area (TPSA) is 20.2 Å². The van der Waals surface area contributed by atoms with Gasteiger partial charge in [-0.05, 0) is 60.8 Å². The molecule has 0 saturated heterocycles. The number of phenols is 1. The van der Waals surface area contributed by atoms with E-state index in [2.05, 4.69) is 6.92 Å². The van der Waals surface area contributed by atoms with Crippen LogP contribution in [0.3, 0.4) is 0 Å². The van der Waals surface area contributed by atoms with E-state index in [9.17, 15) is 5.11 Å². The highest BCUT2D eigenvalue weighted by atomic mass is 16.3. The summed E-state index contributed by atoms with van der Waals surface area (Å²) in [6.45, 7) is 2.16. The fourth-order valence-electron chi connectivity index (χ4n) is 3.08. The largest absolute Gasteiger partial charge is 0.508 e. The Bertz CT molecular complexity index is 355. The lowest BCUT2D eigenvalue weighted by Gasteiger charge is -2.38. The Labute approximate surface area is 84.8 Å². The van der Waals surface area contributed by atoms with Gasteiger partial charge in [-0.25, -0.2) is 0 Å². The smallest absolute Gasteiger partial charge is 0.119 e. The molecule has 0 bridgehead atoms. The van der Waals surface area contributed by atoms with Gasteiger partial charge in [-0.15, -0.1) is 0 Å². The highest BCUT2D eigenvalue weighted by Gasteiger charge is 2.43. The maximum absolute atomic E-state index is 9.81. The van der Waals surface area contributed by atoms with E-state index in [1.165, 1.54) is 42.4 Å². The molecule has 1 N–H and O–H groups in total. The van der Waals surface area contributed by atoms with Crippen molar-refractivity contribution in [3.8, 4) is 5.75 Å². The fourth-order valence-corrected chi connectivity index (χ4v) is 3.08. The van der Waals surface area contributed by atoms with Crippen LogP contribution >= 0.6 is 0 Å². The third-order valence-corrected chi connectivity index (χ3v) is 4.16. The fraction of sp³-hybridized carbons (Fsp3) is 0.538. The van der Waals surface area contributed by atoms with Crippen LogP contribution in [-0.4, -0.2) is 5.11 Å². The number of aromatic hydroxyl groups is 1. The molecule has 0 atom stereocenters. The first kappa shape index (κ1) is 8.34. The summed E-state index contributed by atoms with van der Waals surface area (Å²) in [5.74, 6) is 0.523. The molecule has 2 aliphatic carbocycles. The summed E-state index contributed by atoms with van der Waals surface area (Å²) in [4.78, 5) is 0. The summed E-state index contributed by atoms with van der Waals surface area (Å²) in [5, 5.41) is 9.81. The second kappa shape index (κ2) is 2.53. The van der Waals surface area contributed by atoms with E-state index < -0.39 is 0 Å². The SMILES string of the molecule is Cc1ccc(O)c2c1CC1(CCC1)C2. The van der Waals surface area contributed by atoms with E-state index in [0.29, 0.717) is 11.2 Å². The molecule has 1 nitrogen and oxygen atoms in total. The zero-order valence-electron chi connectivity index (χ0n) is 8.64. The van der Waals surface area contributed by atoms with Gasteiger partial charge in [-0.2, -0.15) is 0 Å². The van der Waals surface area contributed by atoms with Crippen molar-refractivity contribution in [1.29, 1.82) is 0 Å². The van der Waals surface area contributed by atoms with E-state index >= 15 is 0 Å². The highest BCUT2D eigenvalue weighted by molar-refractivity contribution is 5.48. The molecule has 1 fully saturated rings. The number of benzene rings is 1. The molecule has 1 heteroatoms. The van der Waals surface area contributed by atoms with Crippen molar-refractivity contribution in [3.63, 3.8) is 0 Å². The Hall–Kier alpha value is -0.980. The molecule has 14 heavy (non-hydrogen) atoms. The first-order valence-corrected chi connectivity index (χ1v) is 5.51. The molecule has 3 rings (SSSR count). The first-order chi connectivity index (χ1) is 6.70. The number of phenolic OH excluding ortho intramolecular Hbond substituents is 1. The molecule has 0 radical (unpaired) electrons. The van der Waals surface area contributed by atoms with Gasteiger partial charge < -0.3 is 5.11 Å². The van der Waals surface area contributed by atoms with Gasteiger partial charge in [0.15, 0.2) is 0 Å². The van der Waals surface area contributed by atoms with E-state index in [4.69, 9.17) is 0 Å². The number of aryl methyl sites for hydroxylation is 1. The van der Waals surface area contributed by atoms with Crippen molar-refractivity contribution in [3.05, 3.63) is 28.8 Å². The third kappa shape index (κ3) is 0.956. The lowest BCUT2D eigenvalue weighted by Crippen LogP contribution is -2.29. The zero-order valence-corrected chi connectivity index (χ0v) is 8.64. The molecule has 1 saturated carbocycles. The standard InChI is InChI=1S/C13H16O/c1-9-3-4-12(14)11-8-13(5-2-6-13)7-10(9)11/h3-4,14H,2,5-8H2,1H3. The normalized spacial score (nSPS) is 22.1. The van der Waals surface area contributed by atoms with Crippen molar-refractivity contribution >= 4 is 0 Å². The maximum atomic E-state index is 9.81. The van der Waals surface area contributed by atoms with Gasteiger partial charge in [-0.1, -0.05) is 12.5 Å². The van der Waals surface area contributed by atoms with Crippen LogP contribution in [0.25, 0.3) is 0 Å². The molecule has 0 aromatic heterocycles. The van der Waals surface area contributed by atoms with Gasteiger partial charge in [0, 0.05) is 0 Å². The summed E-state index contributed by atoms with van der Waals surface area (Å²) in [7, 11) is 0. The van der Waals surface area contributed by atoms with Gasteiger partial charge in [0.2, 0.25) is 0 Å². The van der Waals surface area contributed by atoms with E-state index in [0.717, 1.165) is 6.42 Å². The number of rotatable bonds is 0. The Morgan fingerprint density at radius 3 is 2.43 bits per heavy atom. The van der Waals surface area contributed by atoms with Crippen LogP contribution in [0.15, 0.2) is 12.1 Å². The van der Waals surface area contributed by atoms with Crippen LogP contribution in [0, 0.1) is 12.3 Å². The Balaban J connectivity index is 2.08. The summed E-state index contributed by atoms with van der Waals surface area (Å²) in [6, 6.07) is 3.90. The van der Waals surface area contributed by atoms with E-state index in [1.807, 2.05) is 12.1 Å². The van der Waals surface area contributed by atoms with Crippen LogP contribution in [-0.2, 0) is 12.8 Å². The third-order valence-electron chi connectivity index (χ3n) is 4.16. The Morgan fingerprint density at radius 1 is 1.14 bits per heavy atom. The lowest BCUT2D eigenvalue weighted by molar-refractivity contribution is 0.148. The molecule has 2 aliphatic rings. The van der Waals surface area contributed by atoms with Crippen molar-refractivity contribution < 1.29 is 5.11 Å². The van der Waals surface area contributed by atoms with E-state index in [1.54, 1.807) is 0 Å². The summed E-state index contributed by atoms with van der Waals surface area (Å²) in [5.41, 5.74) is 4.59. The predicted octanol–water partition coefficient (Wildman–Crippen LogP) is 2.97. The van der Waals surface area contributed by atoms with Crippen molar-refractivity contribution in [2.24, 2.45) is 5.41 Å². The minimum Gasteiger partial charge on any atom is -0.508 e. The molecule has 1 aromatic carbocycles. The van der Waals surface area contributed by atoms with Crippen molar-refractivity contribution in [2.75, 3.05) is 0 Å². The minimum atomic E-state index is 0.523. The first-order valence-electron chi connectivity index (χ1n) is 5.51. The molecular formula is C13H16O. The summed E-state index contributed by atoms with van der Waals surface area (Å²) >= 11 is 0. The maximum Gasteiger partial charge on any atom is 0.119 e. The van der Waals surface area contributed by atoms with Crippen LogP contribution in [0.5, 0.6) is 5.75 Å².